The topological polar surface area (TPSA) is 12.0 Å². The number of thiophene rings is 1. The highest BCUT2D eigenvalue weighted by atomic mass is 79.9. The number of rotatable bonds is 3. The van der Waals surface area contributed by atoms with Crippen LogP contribution in [0.1, 0.15) is 22.7 Å². The Morgan fingerprint density at radius 2 is 1.83 bits per heavy atom. The predicted octanol–water partition coefficient (Wildman–Crippen LogP) is 5.65. The summed E-state index contributed by atoms with van der Waals surface area (Å²) in [6.07, 6.45) is 0. The van der Waals surface area contributed by atoms with Gasteiger partial charge >= 0.3 is 0 Å². The molecule has 0 amide bonds. The van der Waals surface area contributed by atoms with E-state index in [1.54, 1.807) is 11.3 Å². The first kappa shape index (κ1) is 14.7. The van der Waals surface area contributed by atoms with E-state index >= 15 is 0 Å². The maximum atomic E-state index is 3.64. The molecule has 0 aliphatic rings. The van der Waals surface area contributed by atoms with Gasteiger partial charge in [-0.15, -0.1) is 11.3 Å². The zero-order valence-electron chi connectivity index (χ0n) is 9.93. The highest BCUT2D eigenvalue weighted by Gasteiger charge is 2.19. The van der Waals surface area contributed by atoms with E-state index in [4.69, 9.17) is 0 Å². The molecule has 0 radical (unpaired) electrons. The highest BCUT2D eigenvalue weighted by molar-refractivity contribution is 9.12. The third kappa shape index (κ3) is 3.07. The first-order chi connectivity index (χ1) is 8.52. The first-order valence-electron chi connectivity index (χ1n) is 5.41. The fourth-order valence-electron chi connectivity index (χ4n) is 1.95. The molecular formula is C13H12Br3NS. The summed E-state index contributed by atoms with van der Waals surface area (Å²) < 4.78 is 3.40. The highest BCUT2D eigenvalue weighted by Crippen LogP contribution is 2.38. The molecule has 1 unspecified atom stereocenters. The van der Waals surface area contributed by atoms with Crippen molar-refractivity contribution in [2.45, 2.75) is 13.0 Å². The second kappa shape index (κ2) is 6.18. The van der Waals surface area contributed by atoms with Gasteiger partial charge in [0.05, 0.1) is 13.6 Å². The van der Waals surface area contributed by atoms with E-state index in [1.807, 2.05) is 7.05 Å². The van der Waals surface area contributed by atoms with Gasteiger partial charge in [0, 0.05) is 4.47 Å². The number of aryl methyl sites for hydroxylation is 1. The van der Waals surface area contributed by atoms with Crippen LogP contribution in [0, 0.1) is 6.92 Å². The van der Waals surface area contributed by atoms with Crippen LogP contribution >= 0.6 is 59.1 Å². The summed E-state index contributed by atoms with van der Waals surface area (Å²) in [7, 11) is 1.99. The van der Waals surface area contributed by atoms with Crippen molar-refractivity contribution in [3.8, 4) is 0 Å². The summed E-state index contributed by atoms with van der Waals surface area (Å²) in [5.41, 5.74) is 3.83. The fraction of sp³-hybridized carbons (Fsp3) is 0.231. The number of hydrogen-bond acceptors (Lipinski definition) is 2. The zero-order chi connectivity index (χ0) is 13.3. The molecule has 0 bridgehead atoms. The number of nitrogens with one attached hydrogen (secondary N) is 1. The molecule has 1 aromatic heterocycles. The minimum Gasteiger partial charge on any atom is -0.309 e. The van der Waals surface area contributed by atoms with Crippen LogP contribution in [0.2, 0.25) is 0 Å². The van der Waals surface area contributed by atoms with Gasteiger partial charge in [-0.25, -0.2) is 0 Å². The third-order valence-corrected chi connectivity index (χ3v) is 5.71. The average Bonchev–Trinajstić information content (AvgIpc) is 2.64. The lowest BCUT2D eigenvalue weighted by molar-refractivity contribution is 0.687. The summed E-state index contributed by atoms with van der Waals surface area (Å²) in [5.74, 6) is 0. The Labute approximate surface area is 136 Å². The van der Waals surface area contributed by atoms with Crippen LogP contribution in [0.15, 0.2) is 36.3 Å². The van der Waals surface area contributed by atoms with Crippen LogP contribution < -0.4 is 5.32 Å². The van der Waals surface area contributed by atoms with E-state index in [2.05, 4.69) is 84.3 Å². The molecule has 18 heavy (non-hydrogen) atoms. The number of halogens is 3. The van der Waals surface area contributed by atoms with Gasteiger partial charge in [0.1, 0.15) is 0 Å². The number of hydrogen-bond donors (Lipinski definition) is 1. The Balaban J connectivity index is 2.51. The van der Waals surface area contributed by atoms with Gasteiger partial charge in [-0.1, -0.05) is 22.0 Å². The standard InChI is InChI=1S/C13H12Br3NS/c1-7-3-4-8(14)5-9(7)12(17-2)10-6-11(15)18-13(10)16/h3-6,12,17H,1-2H3. The maximum Gasteiger partial charge on any atom is 0.0761 e. The largest absolute Gasteiger partial charge is 0.309 e. The molecule has 0 aliphatic heterocycles. The van der Waals surface area contributed by atoms with Crippen molar-refractivity contribution in [2.75, 3.05) is 7.05 Å². The lowest BCUT2D eigenvalue weighted by Crippen LogP contribution is -2.18. The summed E-state index contributed by atoms with van der Waals surface area (Å²) in [4.78, 5) is 0. The normalized spacial score (nSPS) is 12.7. The van der Waals surface area contributed by atoms with Crippen molar-refractivity contribution in [1.82, 2.24) is 5.32 Å². The lowest BCUT2D eigenvalue weighted by atomic mass is 9.97. The van der Waals surface area contributed by atoms with Crippen LogP contribution in [0.4, 0.5) is 0 Å². The molecular weight excluding hydrogens is 442 g/mol. The summed E-state index contributed by atoms with van der Waals surface area (Å²) in [5, 5.41) is 3.39. The Morgan fingerprint density at radius 3 is 2.39 bits per heavy atom. The quantitative estimate of drug-likeness (QED) is 0.633. The smallest absolute Gasteiger partial charge is 0.0761 e. The van der Waals surface area contributed by atoms with Crippen molar-refractivity contribution >= 4 is 59.1 Å². The van der Waals surface area contributed by atoms with Crippen LogP contribution in [-0.2, 0) is 0 Å². The summed E-state index contributed by atoms with van der Waals surface area (Å²) in [6, 6.07) is 8.74. The summed E-state index contributed by atoms with van der Waals surface area (Å²) >= 11 is 12.4. The van der Waals surface area contributed by atoms with E-state index in [1.165, 1.54) is 16.7 Å². The van der Waals surface area contributed by atoms with Gasteiger partial charge in [-0.3, -0.25) is 0 Å². The Morgan fingerprint density at radius 1 is 1.11 bits per heavy atom. The molecule has 2 aromatic rings. The van der Waals surface area contributed by atoms with Gasteiger partial charge < -0.3 is 5.32 Å². The van der Waals surface area contributed by atoms with E-state index in [0.717, 1.165) is 12.0 Å². The molecule has 0 spiro atoms. The van der Waals surface area contributed by atoms with Crippen molar-refractivity contribution in [2.24, 2.45) is 0 Å². The first-order valence-corrected chi connectivity index (χ1v) is 8.60. The molecule has 1 atom stereocenters. The fourth-order valence-corrected chi connectivity index (χ4v) is 5.23. The SMILES string of the molecule is CNC(c1cc(Br)ccc1C)c1cc(Br)sc1Br. The zero-order valence-corrected chi connectivity index (χ0v) is 15.5. The van der Waals surface area contributed by atoms with Crippen LogP contribution in [-0.4, -0.2) is 7.05 Å². The minimum atomic E-state index is 0.194. The van der Waals surface area contributed by atoms with Gasteiger partial charge in [-0.05, 0) is 80.7 Å². The minimum absolute atomic E-state index is 0.194. The lowest BCUT2D eigenvalue weighted by Gasteiger charge is -2.19. The molecule has 96 valence electrons. The Hall–Kier alpha value is 0.320. The monoisotopic (exact) mass is 451 g/mol. The maximum absolute atomic E-state index is 3.64. The van der Waals surface area contributed by atoms with Crippen molar-refractivity contribution in [1.29, 1.82) is 0 Å². The molecule has 1 aromatic carbocycles. The van der Waals surface area contributed by atoms with E-state index in [-0.39, 0.29) is 6.04 Å². The van der Waals surface area contributed by atoms with Crippen LogP contribution in [0.3, 0.4) is 0 Å². The van der Waals surface area contributed by atoms with Gasteiger partial charge in [0.25, 0.3) is 0 Å². The van der Waals surface area contributed by atoms with Gasteiger partial charge in [0.2, 0.25) is 0 Å². The second-order valence-corrected chi connectivity index (χ2v) is 8.67. The molecule has 0 saturated heterocycles. The molecule has 2 rings (SSSR count). The molecule has 0 aliphatic carbocycles. The average molecular weight is 454 g/mol. The number of benzene rings is 1. The van der Waals surface area contributed by atoms with Crippen molar-refractivity contribution < 1.29 is 0 Å². The Kier molecular flexibility index (Phi) is 5.06. The van der Waals surface area contributed by atoms with E-state index < -0.39 is 0 Å². The molecule has 1 heterocycles. The molecule has 1 N–H and O–H groups in total. The van der Waals surface area contributed by atoms with E-state index in [9.17, 15) is 0 Å². The molecule has 1 nitrogen and oxygen atoms in total. The molecule has 5 heteroatoms. The van der Waals surface area contributed by atoms with E-state index in [0.29, 0.717) is 0 Å². The van der Waals surface area contributed by atoms with Gasteiger partial charge in [0.15, 0.2) is 0 Å². The predicted molar refractivity (Wildman–Crippen MR) is 89.5 cm³/mol. The Bertz CT molecular complexity index is 565. The molecule has 0 fully saturated rings. The summed E-state index contributed by atoms with van der Waals surface area (Å²) in [6.45, 7) is 2.14. The van der Waals surface area contributed by atoms with Crippen molar-refractivity contribution in [3.63, 3.8) is 0 Å². The van der Waals surface area contributed by atoms with Crippen molar-refractivity contribution in [3.05, 3.63) is 53.0 Å². The second-order valence-electron chi connectivity index (χ2n) is 4.00. The van der Waals surface area contributed by atoms with Crippen LogP contribution in [0.5, 0.6) is 0 Å². The third-order valence-electron chi connectivity index (χ3n) is 2.84. The van der Waals surface area contributed by atoms with Crippen LogP contribution in [0.25, 0.3) is 0 Å². The van der Waals surface area contributed by atoms with Gasteiger partial charge in [-0.2, -0.15) is 0 Å². The molecule has 0 saturated carbocycles.